The van der Waals surface area contributed by atoms with E-state index in [9.17, 15) is 9.59 Å². The molecule has 0 N–H and O–H groups in total. The summed E-state index contributed by atoms with van der Waals surface area (Å²) in [6.07, 6.45) is 0. The van der Waals surface area contributed by atoms with Crippen LogP contribution in [-0.4, -0.2) is 31.8 Å². The Kier molecular flexibility index (Phi) is 2.53. The van der Waals surface area contributed by atoms with Crippen LogP contribution in [0.5, 0.6) is 0 Å². The Morgan fingerprint density at radius 1 is 1.21 bits per heavy atom. The molecule has 2 bridgehead atoms. The van der Waals surface area contributed by atoms with Crippen molar-refractivity contribution < 1.29 is 27.9 Å². The zero-order valence-electron chi connectivity index (χ0n) is 7.52. The van der Waals surface area contributed by atoms with Crippen molar-refractivity contribution in [3.8, 4) is 0 Å². The van der Waals surface area contributed by atoms with Gasteiger partial charge in [0.05, 0.1) is 19.8 Å². The van der Waals surface area contributed by atoms with Crippen LogP contribution < -0.4 is 0 Å². The van der Waals surface area contributed by atoms with E-state index in [-0.39, 0.29) is 19.8 Å². The van der Waals surface area contributed by atoms with Crippen LogP contribution in [0.15, 0.2) is 0 Å². The second-order valence-electron chi connectivity index (χ2n) is 3.21. The molecule has 0 aromatic carbocycles. The van der Waals surface area contributed by atoms with E-state index in [4.69, 9.17) is 13.6 Å². The summed E-state index contributed by atoms with van der Waals surface area (Å²) >= 11 is 0. The van der Waals surface area contributed by atoms with Crippen LogP contribution in [0.3, 0.4) is 0 Å². The van der Waals surface area contributed by atoms with E-state index in [1.165, 1.54) is 6.92 Å². The molecule has 0 saturated carbocycles. The SMILES string of the molecule is CC(=O)OC(=O)C12COP(OC1)OC2. The topological polar surface area (TPSA) is 71.1 Å². The number of esters is 2. The summed E-state index contributed by atoms with van der Waals surface area (Å²) in [6.45, 7) is 1.77. The lowest BCUT2D eigenvalue weighted by atomic mass is 9.91. The fourth-order valence-electron chi connectivity index (χ4n) is 1.18. The largest absolute Gasteiger partial charge is 0.393 e. The summed E-state index contributed by atoms with van der Waals surface area (Å²) < 4.78 is 19.8. The van der Waals surface area contributed by atoms with Gasteiger partial charge in [0.2, 0.25) is 0 Å². The van der Waals surface area contributed by atoms with Gasteiger partial charge in [0.1, 0.15) is 5.41 Å². The molecule has 0 radical (unpaired) electrons. The molecule has 78 valence electrons. The fraction of sp³-hybridized carbons (Fsp3) is 0.714. The standard InChI is InChI=1S/C7H9O6P/c1-5(8)13-6(9)7-2-10-14(11-3-7)12-4-7/h2-4H2,1H3. The Balaban J connectivity index is 2.07. The van der Waals surface area contributed by atoms with Crippen molar-refractivity contribution in [1.29, 1.82) is 0 Å². The van der Waals surface area contributed by atoms with E-state index < -0.39 is 26.0 Å². The highest BCUT2D eigenvalue weighted by molar-refractivity contribution is 7.41. The smallest absolute Gasteiger partial charge is 0.332 e. The molecule has 7 heteroatoms. The summed E-state index contributed by atoms with van der Waals surface area (Å²) in [5.41, 5.74) is -0.956. The third-order valence-corrected chi connectivity index (χ3v) is 3.03. The Labute approximate surface area is 81.5 Å². The van der Waals surface area contributed by atoms with E-state index >= 15 is 0 Å². The molecule has 0 spiro atoms. The van der Waals surface area contributed by atoms with Gasteiger partial charge in [-0.2, -0.15) is 0 Å². The normalized spacial score (nSPS) is 35.4. The van der Waals surface area contributed by atoms with Crippen molar-refractivity contribution in [2.75, 3.05) is 19.8 Å². The number of ether oxygens (including phenoxy) is 1. The van der Waals surface area contributed by atoms with Crippen molar-refractivity contribution in [3.63, 3.8) is 0 Å². The number of hydrogen-bond acceptors (Lipinski definition) is 6. The van der Waals surface area contributed by atoms with Crippen LogP contribution in [0.4, 0.5) is 0 Å². The molecule has 0 atom stereocenters. The van der Waals surface area contributed by atoms with Gasteiger partial charge in [-0.25, -0.2) is 0 Å². The van der Waals surface area contributed by atoms with Crippen LogP contribution in [0.2, 0.25) is 0 Å². The summed E-state index contributed by atoms with van der Waals surface area (Å²) in [6, 6.07) is 0. The van der Waals surface area contributed by atoms with E-state index in [0.29, 0.717) is 0 Å². The van der Waals surface area contributed by atoms with Crippen molar-refractivity contribution in [2.45, 2.75) is 6.92 Å². The first-order chi connectivity index (χ1) is 6.62. The third kappa shape index (κ3) is 1.66. The average Bonchev–Trinajstić information content (AvgIpc) is 2.19. The van der Waals surface area contributed by atoms with E-state index in [1.807, 2.05) is 0 Å². The van der Waals surface area contributed by atoms with Gasteiger partial charge in [-0.05, 0) is 0 Å². The average molecular weight is 220 g/mol. The van der Waals surface area contributed by atoms with Gasteiger partial charge in [-0.15, -0.1) is 0 Å². The maximum atomic E-state index is 11.5. The molecule has 14 heavy (non-hydrogen) atoms. The van der Waals surface area contributed by atoms with Gasteiger partial charge in [-0.1, -0.05) is 0 Å². The minimum absolute atomic E-state index is 0.199. The van der Waals surface area contributed by atoms with Gasteiger partial charge in [-0.3, -0.25) is 9.59 Å². The minimum Gasteiger partial charge on any atom is -0.393 e. The molecule has 0 amide bonds. The number of carbonyl (C=O) groups excluding carboxylic acids is 2. The van der Waals surface area contributed by atoms with Crippen molar-refractivity contribution in [3.05, 3.63) is 0 Å². The fourth-order valence-corrected chi connectivity index (χ4v) is 2.46. The lowest BCUT2D eigenvalue weighted by Gasteiger charge is -2.41. The highest BCUT2D eigenvalue weighted by Gasteiger charge is 2.51. The van der Waals surface area contributed by atoms with Crippen LogP contribution in [0.1, 0.15) is 6.92 Å². The highest BCUT2D eigenvalue weighted by Crippen LogP contribution is 2.53. The first-order valence-corrected chi connectivity index (χ1v) is 5.14. The predicted molar refractivity (Wildman–Crippen MR) is 44.0 cm³/mol. The zero-order valence-corrected chi connectivity index (χ0v) is 8.41. The third-order valence-electron chi connectivity index (χ3n) is 2.01. The van der Waals surface area contributed by atoms with E-state index in [2.05, 4.69) is 4.74 Å². The van der Waals surface area contributed by atoms with Crippen LogP contribution >= 0.6 is 8.60 Å². The van der Waals surface area contributed by atoms with Gasteiger partial charge in [0.15, 0.2) is 0 Å². The molecular weight excluding hydrogens is 211 g/mol. The van der Waals surface area contributed by atoms with Gasteiger partial charge in [0.25, 0.3) is 0 Å². The van der Waals surface area contributed by atoms with E-state index in [0.717, 1.165) is 0 Å². The summed E-state index contributed by atoms with van der Waals surface area (Å²) in [5, 5.41) is 0. The molecule has 3 fully saturated rings. The van der Waals surface area contributed by atoms with Crippen molar-refractivity contribution in [2.24, 2.45) is 5.41 Å². The molecule has 6 nitrogen and oxygen atoms in total. The number of fused-ring (bicyclic) bond motifs is 3. The number of rotatable bonds is 1. The summed E-state index contributed by atoms with van der Waals surface area (Å²) in [4.78, 5) is 22.1. The molecule has 3 aliphatic heterocycles. The van der Waals surface area contributed by atoms with Gasteiger partial charge < -0.3 is 18.3 Å². The number of carbonyl (C=O) groups is 2. The molecule has 3 saturated heterocycles. The van der Waals surface area contributed by atoms with Crippen molar-refractivity contribution in [1.82, 2.24) is 0 Å². The molecule has 3 heterocycles. The first-order valence-electron chi connectivity index (χ1n) is 4.04. The summed E-state index contributed by atoms with van der Waals surface area (Å²) in [7, 11) is -1.27. The second-order valence-corrected chi connectivity index (χ2v) is 4.43. The van der Waals surface area contributed by atoms with Crippen LogP contribution in [0, 0.1) is 5.41 Å². The quantitative estimate of drug-likeness (QED) is 0.361. The summed E-state index contributed by atoms with van der Waals surface area (Å²) in [5.74, 6) is -1.28. The molecule has 0 unspecified atom stereocenters. The zero-order chi connectivity index (χ0) is 10.2. The monoisotopic (exact) mass is 220 g/mol. The minimum atomic E-state index is -1.27. The number of hydrogen-bond donors (Lipinski definition) is 0. The Morgan fingerprint density at radius 3 is 2.14 bits per heavy atom. The van der Waals surface area contributed by atoms with Crippen molar-refractivity contribution >= 4 is 20.5 Å². The molecule has 3 rings (SSSR count). The highest BCUT2D eigenvalue weighted by atomic mass is 31.2. The lowest BCUT2D eigenvalue weighted by molar-refractivity contribution is -0.178. The first kappa shape index (κ1) is 9.98. The Bertz CT molecular complexity index is 256. The molecule has 0 aromatic heterocycles. The molecule has 0 aliphatic carbocycles. The second kappa shape index (κ2) is 3.55. The molecular formula is C7H9O6P. The molecule has 3 aliphatic rings. The van der Waals surface area contributed by atoms with Gasteiger partial charge in [0, 0.05) is 6.92 Å². The van der Waals surface area contributed by atoms with Gasteiger partial charge >= 0.3 is 20.5 Å². The molecule has 0 aromatic rings. The Hall–Kier alpha value is -0.550. The van der Waals surface area contributed by atoms with E-state index in [1.54, 1.807) is 0 Å². The van der Waals surface area contributed by atoms with Crippen LogP contribution in [-0.2, 0) is 27.9 Å². The van der Waals surface area contributed by atoms with Crippen LogP contribution in [0.25, 0.3) is 0 Å². The lowest BCUT2D eigenvalue weighted by Crippen LogP contribution is -2.50. The maximum absolute atomic E-state index is 11.5. The Morgan fingerprint density at radius 2 is 1.71 bits per heavy atom. The maximum Gasteiger partial charge on any atom is 0.332 e. The predicted octanol–water partition coefficient (Wildman–Crippen LogP) is 0.366.